The Hall–Kier alpha value is -0.530. The van der Waals surface area contributed by atoms with Crippen LogP contribution in [0.3, 0.4) is 0 Å². The number of esters is 1. The van der Waals surface area contributed by atoms with E-state index in [1.165, 1.54) is 0 Å². The van der Waals surface area contributed by atoms with E-state index < -0.39 is 5.97 Å². The van der Waals surface area contributed by atoms with Crippen LogP contribution in [-0.2, 0) is 9.53 Å². The summed E-state index contributed by atoms with van der Waals surface area (Å²) in [5.74, 6) is -0.443. The van der Waals surface area contributed by atoms with E-state index in [9.17, 15) is 4.79 Å². The highest BCUT2D eigenvalue weighted by Gasteiger charge is 1.85. The van der Waals surface area contributed by atoms with Crippen LogP contribution in [0, 0.1) is 6.92 Å². The molecule has 0 aromatic rings. The molecule has 0 aromatic heterocycles. The number of hydrogen-bond donors (Lipinski definition) is 0. The Labute approximate surface area is 43.5 Å². The first-order valence-corrected chi connectivity index (χ1v) is 2.26. The van der Waals surface area contributed by atoms with E-state index in [1.807, 2.05) is 6.92 Å². The molecule has 2 nitrogen and oxygen atoms in total. The maximum Gasteiger partial charge on any atom is 0.306 e. The van der Waals surface area contributed by atoms with Crippen LogP contribution >= 0.6 is 0 Å². The first kappa shape index (κ1) is 6.47. The first-order valence-electron chi connectivity index (χ1n) is 2.26. The van der Waals surface area contributed by atoms with Crippen LogP contribution < -0.4 is 0 Å². The number of rotatable bonds is 2. The zero-order valence-electron chi connectivity index (χ0n) is 4.44. The molecule has 0 spiro atoms. The van der Waals surface area contributed by atoms with Gasteiger partial charge in [0, 0.05) is 0 Å². The lowest BCUT2D eigenvalue weighted by atomic mass is 10.5. The maximum atomic E-state index is 9.87. The van der Waals surface area contributed by atoms with Gasteiger partial charge in [-0.05, 0) is 6.42 Å². The zero-order valence-corrected chi connectivity index (χ0v) is 4.44. The molecule has 0 rings (SSSR count). The minimum absolute atomic E-state index is 0.443. The highest BCUT2D eigenvalue weighted by atomic mass is 16.5. The molecule has 0 saturated carbocycles. The molecule has 0 unspecified atom stereocenters. The van der Waals surface area contributed by atoms with Crippen LogP contribution in [-0.4, -0.2) is 12.6 Å². The summed E-state index contributed by atoms with van der Waals surface area (Å²) >= 11 is 0. The Morgan fingerprint density at radius 1 is 1.86 bits per heavy atom. The van der Waals surface area contributed by atoms with Gasteiger partial charge < -0.3 is 4.74 Å². The second-order valence-corrected chi connectivity index (χ2v) is 1.22. The molecule has 0 heterocycles. The third-order valence-electron chi connectivity index (χ3n) is 0.467. The predicted octanol–water partition coefficient (Wildman–Crippen LogP) is 0.774. The van der Waals surface area contributed by atoms with Crippen LogP contribution in [0.25, 0.3) is 0 Å². The van der Waals surface area contributed by atoms with Gasteiger partial charge in [0.05, 0.1) is 13.5 Å². The summed E-state index contributed by atoms with van der Waals surface area (Å²) in [6, 6.07) is 0. The molecule has 1 radical (unpaired) electrons. The highest BCUT2D eigenvalue weighted by Crippen LogP contribution is 1.78. The molecule has 41 valence electrons. The van der Waals surface area contributed by atoms with Crippen molar-refractivity contribution in [2.45, 2.75) is 13.3 Å². The second kappa shape index (κ2) is 3.65. The molecule has 0 fully saturated rings. The van der Waals surface area contributed by atoms with Gasteiger partial charge in [-0.1, -0.05) is 6.92 Å². The van der Waals surface area contributed by atoms with E-state index >= 15 is 0 Å². The van der Waals surface area contributed by atoms with Gasteiger partial charge in [-0.3, -0.25) is 4.79 Å². The molecule has 0 saturated heterocycles. The fourth-order valence-corrected chi connectivity index (χ4v) is 0.216. The van der Waals surface area contributed by atoms with Crippen LogP contribution in [0.4, 0.5) is 0 Å². The summed E-state index contributed by atoms with van der Waals surface area (Å²) < 4.78 is 4.44. The van der Waals surface area contributed by atoms with Gasteiger partial charge in [-0.15, -0.1) is 0 Å². The van der Waals surface area contributed by atoms with Crippen molar-refractivity contribution in [3.63, 3.8) is 0 Å². The van der Waals surface area contributed by atoms with Gasteiger partial charge >= 0.3 is 5.97 Å². The summed E-state index contributed by atoms with van der Waals surface area (Å²) in [7, 11) is 0. The zero-order chi connectivity index (χ0) is 5.70. The summed E-state index contributed by atoms with van der Waals surface area (Å²) in [6.07, 6.45) is 0.862. The molecule has 0 atom stereocenters. The van der Waals surface area contributed by atoms with Crippen molar-refractivity contribution in [2.75, 3.05) is 6.61 Å². The van der Waals surface area contributed by atoms with Crippen LogP contribution in [0.15, 0.2) is 0 Å². The molecule has 7 heavy (non-hydrogen) atoms. The number of ether oxygens (including phenoxy) is 1. The van der Waals surface area contributed by atoms with Gasteiger partial charge in [0.2, 0.25) is 0 Å². The minimum atomic E-state index is -0.443. The van der Waals surface area contributed by atoms with Crippen molar-refractivity contribution in [1.29, 1.82) is 0 Å². The monoisotopic (exact) mass is 101 g/mol. The Kier molecular flexibility index (Phi) is 3.38. The maximum absolute atomic E-state index is 9.87. The van der Waals surface area contributed by atoms with Crippen molar-refractivity contribution in [3.05, 3.63) is 6.92 Å². The van der Waals surface area contributed by atoms with Crippen molar-refractivity contribution in [3.8, 4) is 0 Å². The van der Waals surface area contributed by atoms with Crippen LogP contribution in [0.1, 0.15) is 13.3 Å². The third-order valence-corrected chi connectivity index (χ3v) is 0.467. The second-order valence-electron chi connectivity index (χ2n) is 1.22. The highest BCUT2D eigenvalue weighted by molar-refractivity contribution is 5.73. The van der Waals surface area contributed by atoms with E-state index in [0.717, 1.165) is 6.42 Å². The lowest BCUT2D eigenvalue weighted by molar-refractivity contribution is -0.138. The number of carbonyl (C=O) groups excluding carboxylic acids is 1. The SMILES string of the molecule is [CH2]C(=O)OCCC. The molecule has 0 amide bonds. The van der Waals surface area contributed by atoms with Crippen molar-refractivity contribution < 1.29 is 9.53 Å². The van der Waals surface area contributed by atoms with Crippen molar-refractivity contribution in [1.82, 2.24) is 0 Å². The fraction of sp³-hybridized carbons (Fsp3) is 0.600. The van der Waals surface area contributed by atoms with Gasteiger partial charge in [0.15, 0.2) is 0 Å². The van der Waals surface area contributed by atoms with Crippen molar-refractivity contribution in [2.24, 2.45) is 0 Å². The molecule has 0 N–H and O–H groups in total. The summed E-state index contributed by atoms with van der Waals surface area (Å²) in [6.45, 7) is 5.44. The lowest BCUT2D eigenvalue weighted by Gasteiger charge is -1.93. The molecular weight excluding hydrogens is 92.1 g/mol. The summed E-state index contributed by atoms with van der Waals surface area (Å²) in [4.78, 5) is 9.87. The van der Waals surface area contributed by atoms with Crippen molar-refractivity contribution >= 4 is 5.97 Å². The Balaban J connectivity index is 2.82. The Bertz CT molecular complexity index is 59.1. The minimum Gasteiger partial charge on any atom is -0.466 e. The first-order chi connectivity index (χ1) is 3.27. The number of hydrogen-bond acceptors (Lipinski definition) is 2. The predicted molar refractivity (Wildman–Crippen MR) is 26.6 cm³/mol. The third kappa shape index (κ3) is 5.47. The molecule has 0 aliphatic rings. The van der Waals surface area contributed by atoms with Gasteiger partial charge in [0.25, 0.3) is 0 Å². The molecule has 0 bridgehead atoms. The number of carbonyl (C=O) groups is 1. The Morgan fingerprint density at radius 3 is 2.57 bits per heavy atom. The topological polar surface area (TPSA) is 26.3 Å². The van der Waals surface area contributed by atoms with E-state index in [2.05, 4.69) is 11.7 Å². The molecule has 0 aliphatic carbocycles. The lowest BCUT2D eigenvalue weighted by Crippen LogP contribution is -1.98. The molecule has 0 aromatic carbocycles. The summed E-state index contributed by atoms with van der Waals surface area (Å²) in [5, 5.41) is 0. The van der Waals surface area contributed by atoms with Gasteiger partial charge in [0.1, 0.15) is 0 Å². The Morgan fingerprint density at radius 2 is 2.43 bits per heavy atom. The van der Waals surface area contributed by atoms with Crippen LogP contribution in [0.5, 0.6) is 0 Å². The van der Waals surface area contributed by atoms with Crippen LogP contribution in [0.2, 0.25) is 0 Å². The fourth-order valence-electron chi connectivity index (χ4n) is 0.216. The average molecular weight is 101 g/mol. The average Bonchev–Trinajstić information content (AvgIpc) is 1.61. The van der Waals surface area contributed by atoms with E-state index in [-0.39, 0.29) is 0 Å². The van der Waals surface area contributed by atoms with E-state index in [1.54, 1.807) is 0 Å². The normalized spacial score (nSPS) is 8.29. The molecule has 0 aliphatic heterocycles. The van der Waals surface area contributed by atoms with E-state index in [0.29, 0.717) is 6.61 Å². The van der Waals surface area contributed by atoms with E-state index in [4.69, 9.17) is 0 Å². The quantitative estimate of drug-likeness (QED) is 0.480. The smallest absolute Gasteiger partial charge is 0.306 e. The molecular formula is C5H9O2. The van der Waals surface area contributed by atoms with Gasteiger partial charge in [-0.25, -0.2) is 0 Å². The van der Waals surface area contributed by atoms with Gasteiger partial charge in [-0.2, -0.15) is 0 Å². The molecule has 2 heteroatoms. The largest absolute Gasteiger partial charge is 0.466 e. The summed E-state index contributed by atoms with van der Waals surface area (Å²) in [5.41, 5.74) is 0. The standard InChI is InChI=1S/C5H9O2/c1-3-4-7-5(2)6/h2-4H2,1H3.